The zero-order chi connectivity index (χ0) is 12.8. The lowest BCUT2D eigenvalue weighted by atomic mass is 10.2. The third kappa shape index (κ3) is 4.83. The van der Waals surface area contributed by atoms with Crippen LogP contribution in [0.3, 0.4) is 0 Å². The van der Waals surface area contributed by atoms with Crippen LogP contribution in [0.25, 0.3) is 0 Å². The smallest absolute Gasteiger partial charge is 0.222 e. The molecule has 0 aromatic carbocycles. The number of hydrogen-bond acceptors (Lipinski definition) is 4. The quantitative estimate of drug-likeness (QED) is 0.791. The Morgan fingerprint density at radius 3 is 2.82 bits per heavy atom. The number of nitrogens with one attached hydrogen (secondary N) is 1. The highest BCUT2D eigenvalue weighted by Crippen LogP contribution is 2.17. The monoisotopic (exact) mass is 255 g/mol. The molecule has 17 heavy (non-hydrogen) atoms. The molecule has 0 spiro atoms. The van der Waals surface area contributed by atoms with Gasteiger partial charge in [0.2, 0.25) is 5.91 Å². The number of carbonyl (C=O) groups excluding carboxylic acids is 1. The number of thiazole rings is 1. The molecular weight excluding hydrogens is 234 g/mol. The maximum absolute atomic E-state index is 11.3. The summed E-state index contributed by atoms with van der Waals surface area (Å²) in [5.41, 5.74) is 1.07. The fraction of sp³-hybridized carbons (Fsp3) is 0.667. The van der Waals surface area contributed by atoms with Gasteiger partial charge in [0.05, 0.1) is 6.04 Å². The van der Waals surface area contributed by atoms with E-state index in [0.717, 1.165) is 23.7 Å². The van der Waals surface area contributed by atoms with Gasteiger partial charge < -0.3 is 10.2 Å². The first kappa shape index (κ1) is 14.1. The predicted octanol–water partition coefficient (Wildman–Crippen LogP) is 1.97. The molecule has 1 heterocycles. The Labute approximate surface area is 107 Å². The zero-order valence-electron chi connectivity index (χ0n) is 11.0. The predicted molar refractivity (Wildman–Crippen MR) is 71.2 cm³/mol. The van der Waals surface area contributed by atoms with Gasteiger partial charge in [-0.1, -0.05) is 0 Å². The van der Waals surface area contributed by atoms with Crippen molar-refractivity contribution >= 4 is 17.2 Å². The van der Waals surface area contributed by atoms with Gasteiger partial charge in [-0.25, -0.2) is 4.98 Å². The molecule has 0 aliphatic rings. The van der Waals surface area contributed by atoms with E-state index in [1.54, 1.807) is 30.3 Å². The first-order valence-corrected chi connectivity index (χ1v) is 6.74. The van der Waals surface area contributed by atoms with E-state index in [2.05, 4.69) is 22.6 Å². The summed E-state index contributed by atoms with van der Waals surface area (Å²) in [6.45, 7) is 4.95. The number of carbonyl (C=O) groups is 1. The van der Waals surface area contributed by atoms with Gasteiger partial charge in [0.15, 0.2) is 0 Å². The van der Waals surface area contributed by atoms with Crippen molar-refractivity contribution < 1.29 is 4.79 Å². The van der Waals surface area contributed by atoms with Crippen molar-refractivity contribution in [3.63, 3.8) is 0 Å². The summed E-state index contributed by atoms with van der Waals surface area (Å²) in [6, 6.07) is 0.267. The van der Waals surface area contributed by atoms with Gasteiger partial charge in [-0.3, -0.25) is 4.79 Å². The van der Waals surface area contributed by atoms with Gasteiger partial charge in [-0.05, 0) is 26.8 Å². The SMILES string of the molecule is Cc1csc(C(C)NCCCC(=O)N(C)C)n1. The molecule has 0 radical (unpaired) electrons. The van der Waals surface area contributed by atoms with Crippen LogP contribution < -0.4 is 5.32 Å². The van der Waals surface area contributed by atoms with Crippen LogP contribution in [0.5, 0.6) is 0 Å². The first-order chi connectivity index (χ1) is 8.00. The van der Waals surface area contributed by atoms with Gasteiger partial charge >= 0.3 is 0 Å². The Morgan fingerprint density at radius 2 is 2.29 bits per heavy atom. The molecular formula is C12H21N3OS. The first-order valence-electron chi connectivity index (χ1n) is 5.86. The minimum Gasteiger partial charge on any atom is -0.349 e. The number of nitrogens with zero attached hydrogens (tertiary/aromatic N) is 2. The molecule has 1 amide bonds. The average molecular weight is 255 g/mol. The number of rotatable bonds is 6. The van der Waals surface area contributed by atoms with Crippen molar-refractivity contribution in [3.05, 3.63) is 16.1 Å². The highest BCUT2D eigenvalue weighted by molar-refractivity contribution is 7.09. The number of aryl methyl sites for hydroxylation is 1. The van der Waals surface area contributed by atoms with Crippen LogP contribution >= 0.6 is 11.3 Å². The second-order valence-electron chi connectivity index (χ2n) is 4.39. The van der Waals surface area contributed by atoms with Crippen molar-refractivity contribution in [2.45, 2.75) is 32.7 Å². The van der Waals surface area contributed by atoms with E-state index in [1.807, 2.05) is 6.92 Å². The van der Waals surface area contributed by atoms with Gasteiger partial charge in [0, 0.05) is 31.6 Å². The van der Waals surface area contributed by atoms with E-state index in [4.69, 9.17) is 0 Å². The van der Waals surface area contributed by atoms with Gasteiger partial charge in [-0.2, -0.15) is 0 Å². The molecule has 1 unspecified atom stereocenters. The van der Waals surface area contributed by atoms with Crippen molar-refractivity contribution in [1.82, 2.24) is 15.2 Å². The zero-order valence-corrected chi connectivity index (χ0v) is 11.8. The van der Waals surface area contributed by atoms with Crippen LogP contribution in [0, 0.1) is 6.92 Å². The Bertz CT molecular complexity index is 362. The molecule has 1 atom stereocenters. The molecule has 0 bridgehead atoms. The summed E-state index contributed by atoms with van der Waals surface area (Å²) >= 11 is 1.68. The summed E-state index contributed by atoms with van der Waals surface area (Å²) in [7, 11) is 3.58. The normalized spacial score (nSPS) is 12.5. The maximum atomic E-state index is 11.3. The number of hydrogen-bond donors (Lipinski definition) is 1. The number of aromatic nitrogens is 1. The molecule has 0 fully saturated rings. The molecule has 5 heteroatoms. The van der Waals surface area contributed by atoms with Crippen molar-refractivity contribution in [2.24, 2.45) is 0 Å². The summed E-state index contributed by atoms with van der Waals surface area (Å²) in [5.74, 6) is 0.185. The lowest BCUT2D eigenvalue weighted by Gasteiger charge is -2.12. The van der Waals surface area contributed by atoms with Crippen LogP contribution in [0.1, 0.15) is 36.5 Å². The molecule has 4 nitrogen and oxygen atoms in total. The fourth-order valence-corrected chi connectivity index (χ4v) is 2.27. The molecule has 1 aromatic heterocycles. The number of amides is 1. The van der Waals surface area contributed by atoms with Crippen LogP contribution in [0.15, 0.2) is 5.38 Å². The summed E-state index contributed by atoms with van der Waals surface area (Å²) < 4.78 is 0. The molecule has 1 aromatic rings. The Hall–Kier alpha value is -0.940. The average Bonchev–Trinajstić information content (AvgIpc) is 2.70. The Balaban J connectivity index is 2.21. The van der Waals surface area contributed by atoms with Crippen LogP contribution in [0.2, 0.25) is 0 Å². The summed E-state index contributed by atoms with van der Waals surface area (Å²) in [4.78, 5) is 17.4. The third-order valence-corrected chi connectivity index (χ3v) is 3.67. The summed E-state index contributed by atoms with van der Waals surface area (Å²) in [5, 5.41) is 6.55. The molecule has 96 valence electrons. The lowest BCUT2D eigenvalue weighted by molar-refractivity contribution is -0.128. The van der Waals surface area contributed by atoms with Crippen LogP contribution in [0.4, 0.5) is 0 Å². The van der Waals surface area contributed by atoms with Gasteiger partial charge in [0.25, 0.3) is 0 Å². The second-order valence-corrected chi connectivity index (χ2v) is 5.28. The largest absolute Gasteiger partial charge is 0.349 e. The Morgan fingerprint density at radius 1 is 1.59 bits per heavy atom. The molecule has 0 aliphatic heterocycles. The van der Waals surface area contributed by atoms with Gasteiger partial charge in [-0.15, -0.1) is 11.3 Å². The van der Waals surface area contributed by atoms with E-state index in [1.165, 1.54) is 0 Å². The van der Waals surface area contributed by atoms with Gasteiger partial charge in [0.1, 0.15) is 5.01 Å². The summed E-state index contributed by atoms with van der Waals surface area (Å²) in [6.07, 6.45) is 1.47. The molecule has 0 saturated heterocycles. The minimum absolute atomic E-state index is 0.185. The molecule has 0 aliphatic carbocycles. The van der Waals surface area contributed by atoms with E-state index in [9.17, 15) is 4.79 Å². The van der Waals surface area contributed by atoms with Crippen molar-refractivity contribution in [3.8, 4) is 0 Å². The van der Waals surface area contributed by atoms with Crippen molar-refractivity contribution in [1.29, 1.82) is 0 Å². The standard InChI is InChI=1S/C12H21N3OS/c1-9-8-17-12(14-9)10(2)13-7-5-6-11(16)15(3)4/h8,10,13H,5-7H2,1-4H3. The molecule has 1 N–H and O–H groups in total. The third-order valence-electron chi connectivity index (χ3n) is 2.52. The highest BCUT2D eigenvalue weighted by Gasteiger charge is 2.09. The molecule has 0 saturated carbocycles. The van der Waals surface area contributed by atoms with Crippen LogP contribution in [-0.4, -0.2) is 36.4 Å². The van der Waals surface area contributed by atoms with E-state index in [0.29, 0.717) is 6.42 Å². The van der Waals surface area contributed by atoms with E-state index in [-0.39, 0.29) is 11.9 Å². The van der Waals surface area contributed by atoms with Crippen LogP contribution in [-0.2, 0) is 4.79 Å². The maximum Gasteiger partial charge on any atom is 0.222 e. The minimum atomic E-state index is 0.185. The molecule has 1 rings (SSSR count). The lowest BCUT2D eigenvalue weighted by Crippen LogP contribution is -2.24. The highest BCUT2D eigenvalue weighted by atomic mass is 32.1. The second kappa shape index (κ2) is 6.71. The van der Waals surface area contributed by atoms with E-state index < -0.39 is 0 Å². The van der Waals surface area contributed by atoms with E-state index >= 15 is 0 Å². The topological polar surface area (TPSA) is 45.2 Å². The van der Waals surface area contributed by atoms with Crippen molar-refractivity contribution in [2.75, 3.05) is 20.6 Å². The Kier molecular flexibility index (Phi) is 5.58. The fourth-order valence-electron chi connectivity index (χ4n) is 1.44.